The van der Waals surface area contributed by atoms with Crippen LogP contribution in [0.3, 0.4) is 0 Å². The first-order valence-electron chi connectivity index (χ1n) is 3.84. The third kappa shape index (κ3) is 2.31. The molecule has 0 aliphatic rings. The molecule has 0 heterocycles. The van der Waals surface area contributed by atoms with Crippen LogP contribution < -0.4 is 5.73 Å². The van der Waals surface area contributed by atoms with Gasteiger partial charge in [-0.2, -0.15) is 5.26 Å². The summed E-state index contributed by atoms with van der Waals surface area (Å²) < 4.78 is 0. The Kier molecular flexibility index (Phi) is 4.03. The van der Waals surface area contributed by atoms with Gasteiger partial charge in [0, 0.05) is 6.04 Å². The second-order valence-electron chi connectivity index (χ2n) is 2.73. The lowest BCUT2D eigenvalue weighted by Crippen LogP contribution is -2.09. The highest BCUT2D eigenvalue weighted by molar-refractivity contribution is 6.48. The van der Waals surface area contributed by atoms with Gasteiger partial charge >= 0.3 is 0 Å². The van der Waals surface area contributed by atoms with Gasteiger partial charge in [-0.15, -0.1) is 0 Å². The highest BCUT2D eigenvalue weighted by atomic mass is 35.5. The monoisotopic (exact) mass is 248 g/mol. The molecule has 2 nitrogen and oxygen atoms in total. The number of rotatable bonds is 2. The van der Waals surface area contributed by atoms with Crippen molar-refractivity contribution in [2.45, 2.75) is 12.5 Å². The molecule has 1 aromatic carbocycles. The van der Waals surface area contributed by atoms with Gasteiger partial charge in [-0.1, -0.05) is 40.9 Å². The van der Waals surface area contributed by atoms with Gasteiger partial charge in [0.15, 0.2) is 0 Å². The van der Waals surface area contributed by atoms with E-state index in [0.717, 1.165) is 0 Å². The largest absolute Gasteiger partial charge is 0.323 e. The van der Waals surface area contributed by atoms with E-state index in [1.807, 2.05) is 6.07 Å². The standard InChI is InChI=1S/C9H7Cl3N2/c10-6-2-1-5(7(14)3-4-13)8(11)9(6)12/h1-2,7H,3,14H2/t7-/m0/s1. The Bertz CT molecular complexity index is 384. The van der Waals surface area contributed by atoms with Gasteiger partial charge in [0.25, 0.3) is 0 Å². The van der Waals surface area contributed by atoms with E-state index < -0.39 is 6.04 Å². The molecule has 74 valence electrons. The Morgan fingerprint density at radius 2 is 1.93 bits per heavy atom. The first kappa shape index (κ1) is 11.6. The lowest BCUT2D eigenvalue weighted by atomic mass is 10.1. The fourth-order valence-electron chi connectivity index (χ4n) is 1.04. The molecule has 0 fully saturated rings. The summed E-state index contributed by atoms with van der Waals surface area (Å²) in [6.07, 6.45) is 0.192. The van der Waals surface area contributed by atoms with Gasteiger partial charge in [-0.05, 0) is 11.6 Å². The fraction of sp³-hybridized carbons (Fsp3) is 0.222. The average molecular weight is 250 g/mol. The van der Waals surface area contributed by atoms with Crippen molar-refractivity contribution in [3.05, 3.63) is 32.8 Å². The highest BCUT2D eigenvalue weighted by Gasteiger charge is 2.14. The third-order valence-corrected chi connectivity index (χ3v) is 3.08. The molecule has 0 saturated heterocycles. The Balaban J connectivity index is 3.12. The fourth-order valence-corrected chi connectivity index (χ4v) is 1.72. The van der Waals surface area contributed by atoms with Gasteiger partial charge in [0.2, 0.25) is 0 Å². The molecular weight excluding hydrogens is 242 g/mol. The van der Waals surface area contributed by atoms with Gasteiger partial charge in [0.05, 0.1) is 27.6 Å². The van der Waals surface area contributed by atoms with Crippen molar-refractivity contribution < 1.29 is 0 Å². The van der Waals surface area contributed by atoms with Gasteiger partial charge < -0.3 is 5.73 Å². The topological polar surface area (TPSA) is 49.8 Å². The van der Waals surface area contributed by atoms with Crippen LogP contribution in [0, 0.1) is 11.3 Å². The Morgan fingerprint density at radius 3 is 2.50 bits per heavy atom. The van der Waals surface area contributed by atoms with E-state index in [9.17, 15) is 0 Å². The van der Waals surface area contributed by atoms with Crippen LogP contribution in [-0.2, 0) is 0 Å². The van der Waals surface area contributed by atoms with E-state index in [1.165, 1.54) is 0 Å². The molecule has 2 N–H and O–H groups in total. The molecule has 1 rings (SSSR count). The SMILES string of the molecule is N#CC[C@H](N)c1ccc(Cl)c(Cl)c1Cl. The maximum absolute atomic E-state index is 8.48. The summed E-state index contributed by atoms with van der Waals surface area (Å²) in [4.78, 5) is 0. The zero-order chi connectivity index (χ0) is 10.7. The summed E-state index contributed by atoms with van der Waals surface area (Å²) in [6.45, 7) is 0. The number of nitrogens with zero attached hydrogens (tertiary/aromatic N) is 1. The van der Waals surface area contributed by atoms with Crippen LogP contribution >= 0.6 is 34.8 Å². The van der Waals surface area contributed by atoms with Crippen molar-refractivity contribution in [1.29, 1.82) is 5.26 Å². The van der Waals surface area contributed by atoms with Crippen LogP contribution in [-0.4, -0.2) is 0 Å². The third-order valence-electron chi connectivity index (χ3n) is 1.78. The van der Waals surface area contributed by atoms with Gasteiger partial charge in [0.1, 0.15) is 0 Å². The molecule has 0 spiro atoms. The van der Waals surface area contributed by atoms with E-state index >= 15 is 0 Å². The Hall–Kier alpha value is -0.460. The first-order valence-corrected chi connectivity index (χ1v) is 4.97. The van der Waals surface area contributed by atoms with Crippen LogP contribution in [0.5, 0.6) is 0 Å². The molecule has 0 unspecified atom stereocenters. The molecule has 0 saturated carbocycles. The van der Waals surface area contributed by atoms with E-state index in [1.54, 1.807) is 12.1 Å². The normalized spacial score (nSPS) is 12.2. The number of hydrogen-bond acceptors (Lipinski definition) is 2. The smallest absolute Gasteiger partial charge is 0.0781 e. The minimum absolute atomic E-state index is 0.192. The van der Waals surface area contributed by atoms with Gasteiger partial charge in [-0.25, -0.2) is 0 Å². The molecule has 0 aliphatic carbocycles. The first-order chi connectivity index (χ1) is 6.57. The second kappa shape index (κ2) is 4.86. The summed E-state index contributed by atoms with van der Waals surface area (Å²) in [5.74, 6) is 0. The summed E-state index contributed by atoms with van der Waals surface area (Å²) in [7, 11) is 0. The van der Waals surface area contributed by atoms with E-state index in [2.05, 4.69) is 0 Å². The number of nitriles is 1. The minimum Gasteiger partial charge on any atom is -0.323 e. The minimum atomic E-state index is -0.428. The molecule has 0 amide bonds. The summed E-state index contributed by atoms with van der Waals surface area (Å²) in [5.41, 5.74) is 6.36. The maximum atomic E-state index is 8.48. The van der Waals surface area contributed by atoms with Crippen LogP contribution in [0.15, 0.2) is 12.1 Å². The second-order valence-corrected chi connectivity index (χ2v) is 3.90. The van der Waals surface area contributed by atoms with E-state index in [0.29, 0.717) is 15.6 Å². The zero-order valence-electron chi connectivity index (χ0n) is 7.10. The van der Waals surface area contributed by atoms with Gasteiger partial charge in [-0.3, -0.25) is 0 Å². The number of benzene rings is 1. The van der Waals surface area contributed by atoms with Crippen LogP contribution in [0.2, 0.25) is 15.1 Å². The number of hydrogen-bond donors (Lipinski definition) is 1. The summed E-state index contributed by atoms with van der Waals surface area (Å²) >= 11 is 17.5. The predicted octanol–water partition coefficient (Wildman–Crippen LogP) is 3.56. The molecular formula is C9H7Cl3N2. The predicted molar refractivity (Wildman–Crippen MR) is 58.6 cm³/mol. The lowest BCUT2D eigenvalue weighted by Gasteiger charge is -2.11. The molecule has 5 heteroatoms. The number of nitrogens with two attached hydrogens (primary N) is 1. The number of halogens is 3. The summed E-state index contributed by atoms with van der Waals surface area (Å²) in [5, 5.41) is 9.46. The Morgan fingerprint density at radius 1 is 1.29 bits per heavy atom. The summed E-state index contributed by atoms with van der Waals surface area (Å²) in [6, 6.07) is 4.83. The molecule has 0 aliphatic heterocycles. The van der Waals surface area contributed by atoms with Crippen LogP contribution in [0.1, 0.15) is 18.0 Å². The molecule has 0 radical (unpaired) electrons. The van der Waals surface area contributed by atoms with Crippen molar-refractivity contribution in [2.75, 3.05) is 0 Å². The van der Waals surface area contributed by atoms with Crippen molar-refractivity contribution in [3.8, 4) is 6.07 Å². The van der Waals surface area contributed by atoms with Crippen LogP contribution in [0.4, 0.5) is 0 Å². The van der Waals surface area contributed by atoms with Crippen molar-refractivity contribution in [3.63, 3.8) is 0 Å². The highest BCUT2D eigenvalue weighted by Crippen LogP contribution is 2.35. The lowest BCUT2D eigenvalue weighted by molar-refractivity contribution is 0.749. The molecule has 1 atom stereocenters. The molecule has 14 heavy (non-hydrogen) atoms. The quantitative estimate of drug-likeness (QED) is 0.815. The van der Waals surface area contributed by atoms with E-state index in [4.69, 9.17) is 45.8 Å². The zero-order valence-corrected chi connectivity index (χ0v) is 9.37. The molecule has 0 aromatic heterocycles. The van der Waals surface area contributed by atoms with E-state index in [-0.39, 0.29) is 11.4 Å². The van der Waals surface area contributed by atoms with Crippen LogP contribution in [0.25, 0.3) is 0 Å². The molecule has 0 bridgehead atoms. The van der Waals surface area contributed by atoms with Crippen molar-refractivity contribution >= 4 is 34.8 Å². The average Bonchev–Trinajstić information content (AvgIpc) is 2.15. The van der Waals surface area contributed by atoms with Crippen molar-refractivity contribution in [1.82, 2.24) is 0 Å². The van der Waals surface area contributed by atoms with Crippen molar-refractivity contribution in [2.24, 2.45) is 5.73 Å². The maximum Gasteiger partial charge on any atom is 0.0781 e. The molecule has 1 aromatic rings. The Labute approximate surface area is 97.2 Å².